The highest BCUT2D eigenvalue weighted by Crippen LogP contribution is 2.18. The van der Waals surface area contributed by atoms with E-state index in [-0.39, 0.29) is 16.3 Å². The van der Waals surface area contributed by atoms with E-state index in [1.165, 1.54) is 17.9 Å². The largest absolute Gasteiger partial charge is 0.293 e. The first-order valence-corrected chi connectivity index (χ1v) is 6.42. The first-order valence-electron chi connectivity index (χ1n) is 6.04. The Labute approximate surface area is 125 Å². The molecular weight excluding hydrogens is 299 g/mol. The van der Waals surface area contributed by atoms with Gasteiger partial charge in [0.2, 0.25) is 5.95 Å². The summed E-state index contributed by atoms with van der Waals surface area (Å²) in [6.45, 7) is 3.38. The molecule has 2 rings (SSSR count). The molecule has 9 heteroatoms. The van der Waals surface area contributed by atoms with Crippen molar-refractivity contribution in [2.45, 2.75) is 13.8 Å². The predicted molar refractivity (Wildman–Crippen MR) is 75.9 cm³/mol. The smallest absolute Gasteiger partial charge is 0.271 e. The van der Waals surface area contributed by atoms with Gasteiger partial charge in [-0.05, 0) is 13.8 Å². The van der Waals surface area contributed by atoms with Crippen LogP contribution in [-0.2, 0) is 14.1 Å². The van der Waals surface area contributed by atoms with Gasteiger partial charge in [-0.25, -0.2) is 10.1 Å². The maximum Gasteiger partial charge on any atom is 0.293 e. The summed E-state index contributed by atoms with van der Waals surface area (Å²) in [6, 6.07) is 0. The van der Waals surface area contributed by atoms with Gasteiger partial charge in [-0.2, -0.15) is 19.7 Å². The van der Waals surface area contributed by atoms with Crippen molar-refractivity contribution in [3.63, 3.8) is 0 Å². The molecule has 0 unspecified atom stereocenters. The minimum absolute atomic E-state index is 0.0668. The molecule has 0 aromatic carbocycles. The molecule has 0 radical (unpaired) electrons. The van der Waals surface area contributed by atoms with E-state index in [0.717, 1.165) is 4.68 Å². The molecule has 2 aromatic rings. The number of hydrogen-bond donors (Lipinski definition) is 1. The van der Waals surface area contributed by atoms with Gasteiger partial charge >= 0.3 is 0 Å². The third-order valence-corrected chi connectivity index (χ3v) is 3.48. The number of amides is 1. The fourth-order valence-electron chi connectivity index (χ4n) is 1.73. The molecule has 2 aromatic heterocycles. The Bertz CT molecular complexity index is 733. The molecule has 0 atom stereocenters. The van der Waals surface area contributed by atoms with Crippen LogP contribution in [0.5, 0.6) is 0 Å². The van der Waals surface area contributed by atoms with Gasteiger partial charge < -0.3 is 0 Å². The van der Waals surface area contributed by atoms with E-state index < -0.39 is 11.9 Å². The quantitative estimate of drug-likeness (QED) is 0.686. The number of nitrogens with zero attached hydrogens (tertiary/aromatic N) is 5. The van der Waals surface area contributed by atoms with Crippen molar-refractivity contribution in [3.05, 3.63) is 33.6 Å². The Kier molecular flexibility index (Phi) is 4.08. The van der Waals surface area contributed by atoms with Crippen molar-refractivity contribution in [1.29, 1.82) is 0 Å². The zero-order chi connectivity index (χ0) is 15.7. The normalized spacial score (nSPS) is 11.3. The zero-order valence-corrected chi connectivity index (χ0v) is 12.7. The fourth-order valence-corrected chi connectivity index (χ4v) is 1.97. The van der Waals surface area contributed by atoms with Crippen LogP contribution in [-0.4, -0.2) is 31.7 Å². The van der Waals surface area contributed by atoms with E-state index in [4.69, 9.17) is 11.6 Å². The highest BCUT2D eigenvalue weighted by atomic mass is 35.5. The van der Waals surface area contributed by atoms with E-state index in [1.54, 1.807) is 20.9 Å². The third kappa shape index (κ3) is 2.80. The lowest BCUT2D eigenvalue weighted by Gasteiger charge is -1.96. The predicted octanol–water partition coefficient (Wildman–Crippen LogP) is 1.33. The van der Waals surface area contributed by atoms with Gasteiger partial charge in [-0.15, -0.1) is 0 Å². The Hall–Kier alpha value is -2.22. The maximum absolute atomic E-state index is 13.6. The number of carbonyl (C=O) groups excluding carboxylic acids is 1. The van der Waals surface area contributed by atoms with Gasteiger partial charge in [0.05, 0.1) is 28.2 Å². The minimum Gasteiger partial charge on any atom is -0.271 e. The van der Waals surface area contributed by atoms with Crippen LogP contribution in [0.25, 0.3) is 0 Å². The molecule has 0 saturated carbocycles. The second kappa shape index (κ2) is 5.65. The fraction of sp³-hybridized carbons (Fsp3) is 0.333. The van der Waals surface area contributed by atoms with E-state index >= 15 is 0 Å². The van der Waals surface area contributed by atoms with Crippen molar-refractivity contribution in [1.82, 2.24) is 25.0 Å². The van der Waals surface area contributed by atoms with Crippen LogP contribution in [0.15, 0.2) is 5.10 Å². The second-order valence-corrected chi connectivity index (χ2v) is 4.86. The number of carbonyl (C=O) groups is 1. The number of rotatable bonds is 3. The number of aryl methyl sites for hydroxylation is 3. The average Bonchev–Trinajstić information content (AvgIpc) is 2.83. The van der Waals surface area contributed by atoms with Gasteiger partial charge in [0.15, 0.2) is 5.69 Å². The molecule has 1 N–H and O–H groups in total. The summed E-state index contributed by atoms with van der Waals surface area (Å²) in [4.78, 5) is 11.9. The van der Waals surface area contributed by atoms with Crippen LogP contribution < -0.4 is 5.43 Å². The zero-order valence-electron chi connectivity index (χ0n) is 12.0. The van der Waals surface area contributed by atoms with E-state index in [0.29, 0.717) is 11.4 Å². The van der Waals surface area contributed by atoms with Crippen molar-refractivity contribution >= 4 is 23.7 Å². The molecular formula is C12H14ClFN6O. The summed E-state index contributed by atoms with van der Waals surface area (Å²) in [5, 5.41) is 11.8. The molecule has 0 bridgehead atoms. The van der Waals surface area contributed by atoms with Gasteiger partial charge in [-0.3, -0.25) is 9.48 Å². The van der Waals surface area contributed by atoms with Crippen molar-refractivity contribution < 1.29 is 9.18 Å². The highest BCUT2D eigenvalue weighted by Gasteiger charge is 2.17. The summed E-state index contributed by atoms with van der Waals surface area (Å²) < 4.78 is 16.2. The summed E-state index contributed by atoms with van der Waals surface area (Å²) in [5.74, 6) is -1.10. The number of aromatic nitrogens is 4. The summed E-state index contributed by atoms with van der Waals surface area (Å²) in [5.41, 5.74) is 3.67. The standard InChI is InChI=1S/C12H14ClFN6O/c1-6-8(11(14)20(4)17-6)5-15-16-12(21)10-9(13)7(2)19(3)18-10/h5H,1-4H3,(H,16,21). The highest BCUT2D eigenvalue weighted by molar-refractivity contribution is 6.34. The Morgan fingerprint density at radius 2 is 2.00 bits per heavy atom. The molecule has 2 heterocycles. The molecule has 0 saturated heterocycles. The SMILES string of the molecule is Cc1nn(C)c(F)c1C=NNC(=O)c1nn(C)c(C)c1Cl. The lowest BCUT2D eigenvalue weighted by Crippen LogP contribution is -2.19. The Morgan fingerprint density at radius 3 is 2.48 bits per heavy atom. The van der Waals surface area contributed by atoms with Crippen LogP contribution >= 0.6 is 11.6 Å². The Balaban J connectivity index is 2.14. The number of hydrogen-bond acceptors (Lipinski definition) is 4. The van der Waals surface area contributed by atoms with Crippen LogP contribution in [0.3, 0.4) is 0 Å². The molecule has 0 aliphatic rings. The van der Waals surface area contributed by atoms with Crippen molar-refractivity contribution in [3.8, 4) is 0 Å². The summed E-state index contributed by atoms with van der Waals surface area (Å²) >= 11 is 5.99. The van der Waals surface area contributed by atoms with E-state index in [9.17, 15) is 9.18 Å². The van der Waals surface area contributed by atoms with Crippen LogP contribution in [0.4, 0.5) is 4.39 Å². The molecule has 0 fully saturated rings. The number of nitrogens with one attached hydrogen (secondary N) is 1. The second-order valence-electron chi connectivity index (χ2n) is 4.48. The van der Waals surface area contributed by atoms with E-state index in [1.807, 2.05) is 0 Å². The van der Waals surface area contributed by atoms with Gasteiger partial charge in [0, 0.05) is 14.1 Å². The first kappa shape index (κ1) is 15.2. The molecule has 0 aliphatic heterocycles. The molecule has 7 nitrogen and oxygen atoms in total. The molecule has 1 amide bonds. The number of hydrazone groups is 1. The lowest BCUT2D eigenvalue weighted by atomic mass is 10.3. The number of halogens is 2. The van der Waals surface area contributed by atoms with Gasteiger partial charge in [0.1, 0.15) is 0 Å². The Morgan fingerprint density at radius 1 is 1.33 bits per heavy atom. The average molecular weight is 313 g/mol. The van der Waals surface area contributed by atoms with Crippen molar-refractivity contribution in [2.75, 3.05) is 0 Å². The molecule has 0 aliphatic carbocycles. The monoisotopic (exact) mass is 312 g/mol. The molecule has 112 valence electrons. The van der Waals surface area contributed by atoms with Crippen molar-refractivity contribution in [2.24, 2.45) is 19.2 Å². The van der Waals surface area contributed by atoms with E-state index in [2.05, 4.69) is 20.7 Å². The van der Waals surface area contributed by atoms with Crippen LogP contribution in [0.1, 0.15) is 27.4 Å². The first-order chi connectivity index (χ1) is 9.82. The molecule has 21 heavy (non-hydrogen) atoms. The summed E-state index contributed by atoms with van der Waals surface area (Å²) in [7, 11) is 3.16. The maximum atomic E-state index is 13.6. The third-order valence-electron chi connectivity index (χ3n) is 3.03. The van der Waals surface area contributed by atoms with Crippen LogP contribution in [0, 0.1) is 19.8 Å². The van der Waals surface area contributed by atoms with Gasteiger partial charge in [0.25, 0.3) is 5.91 Å². The summed E-state index contributed by atoms with van der Waals surface area (Å²) in [6.07, 6.45) is 1.19. The lowest BCUT2D eigenvalue weighted by molar-refractivity contribution is 0.0949. The van der Waals surface area contributed by atoms with Gasteiger partial charge in [-0.1, -0.05) is 11.6 Å². The minimum atomic E-state index is -0.568. The molecule has 0 spiro atoms. The topological polar surface area (TPSA) is 77.1 Å². The van der Waals surface area contributed by atoms with Crippen LogP contribution in [0.2, 0.25) is 5.02 Å².